The molecule has 0 saturated carbocycles. The summed E-state index contributed by atoms with van der Waals surface area (Å²) in [6.45, 7) is 1.45. The first kappa shape index (κ1) is 12.9. The van der Waals surface area contributed by atoms with E-state index >= 15 is 0 Å². The van der Waals surface area contributed by atoms with Crippen molar-refractivity contribution >= 4 is 18.0 Å². The molecular weight excluding hydrogens is 254 g/mol. The summed E-state index contributed by atoms with van der Waals surface area (Å²) in [6.07, 6.45) is -1.28. The molecule has 1 unspecified atom stereocenters. The monoisotopic (exact) mass is 267 g/mol. The van der Waals surface area contributed by atoms with E-state index in [9.17, 15) is 14.4 Å². The number of carbonyl (C=O) groups excluding carboxylic acids is 2. The van der Waals surface area contributed by atoms with E-state index in [0.717, 1.165) is 0 Å². The summed E-state index contributed by atoms with van der Waals surface area (Å²) in [5.74, 6) is -0.616. The van der Waals surface area contributed by atoms with Gasteiger partial charge in [0, 0.05) is 7.05 Å². The molecule has 102 valence electrons. The number of aromatic nitrogens is 2. The molecule has 0 radical (unpaired) electrons. The number of nitrogens with zero attached hydrogens (tertiary/aromatic N) is 2. The fraction of sp³-hybridized carbons (Fsp3) is 0.400. The Hall–Kier alpha value is -2.58. The summed E-state index contributed by atoms with van der Waals surface area (Å²) < 4.78 is 1.43. The lowest BCUT2D eigenvalue weighted by Gasteiger charge is -2.25. The van der Waals surface area contributed by atoms with Crippen molar-refractivity contribution in [1.29, 1.82) is 0 Å². The fourth-order valence-electron chi connectivity index (χ4n) is 2.11. The number of amides is 4. The Morgan fingerprint density at radius 1 is 1.58 bits per heavy atom. The number of carboxylic acid groups (broad SMARTS) is 1. The highest BCUT2D eigenvalue weighted by Gasteiger charge is 2.50. The number of nitrogens with one attached hydrogen (secondary N) is 3. The van der Waals surface area contributed by atoms with Gasteiger partial charge in [0.15, 0.2) is 5.54 Å². The van der Waals surface area contributed by atoms with Crippen LogP contribution in [0.15, 0.2) is 6.07 Å². The van der Waals surface area contributed by atoms with Gasteiger partial charge in [-0.3, -0.25) is 14.8 Å². The van der Waals surface area contributed by atoms with Crippen LogP contribution in [0.25, 0.3) is 0 Å². The molecule has 2 rings (SSSR count). The molecule has 1 saturated heterocycles. The average Bonchev–Trinajstić information content (AvgIpc) is 2.77. The number of aryl methyl sites for hydroxylation is 2. The summed E-state index contributed by atoms with van der Waals surface area (Å²) in [7, 11) is 1.61. The Morgan fingerprint density at radius 2 is 2.26 bits per heavy atom. The van der Waals surface area contributed by atoms with Gasteiger partial charge in [-0.25, -0.2) is 9.59 Å². The predicted octanol–water partition coefficient (Wildman–Crippen LogP) is -0.969. The second-order valence-electron chi connectivity index (χ2n) is 4.27. The van der Waals surface area contributed by atoms with Gasteiger partial charge in [0.2, 0.25) is 0 Å². The van der Waals surface area contributed by atoms with Crippen molar-refractivity contribution in [2.75, 3.05) is 6.54 Å². The van der Waals surface area contributed by atoms with Gasteiger partial charge in [0.05, 0.1) is 17.9 Å². The molecule has 9 heteroatoms. The predicted molar refractivity (Wildman–Crippen MR) is 62.3 cm³/mol. The minimum absolute atomic E-state index is 0.279. The standard InChI is InChI=1S/C10H13N5O4/c1-5-3-6(15(2)14-5)10(4-11-9(18)19)7(16)12-8(17)13-10/h3,11H,4H2,1-2H3,(H,18,19)(H2,12,13,16,17). The Labute approximate surface area is 108 Å². The zero-order valence-corrected chi connectivity index (χ0v) is 10.4. The lowest BCUT2D eigenvalue weighted by atomic mass is 9.95. The van der Waals surface area contributed by atoms with Crippen LogP contribution in [0.4, 0.5) is 9.59 Å². The first-order valence-corrected chi connectivity index (χ1v) is 5.46. The number of hydrogen-bond acceptors (Lipinski definition) is 4. The van der Waals surface area contributed by atoms with Crippen LogP contribution in [-0.4, -0.2) is 39.5 Å². The summed E-state index contributed by atoms with van der Waals surface area (Å²) in [5, 5.41) is 19.5. The first-order valence-electron chi connectivity index (χ1n) is 5.46. The molecule has 0 bridgehead atoms. The van der Waals surface area contributed by atoms with Crippen LogP contribution in [0.5, 0.6) is 0 Å². The molecule has 1 aliphatic rings. The van der Waals surface area contributed by atoms with E-state index in [1.54, 1.807) is 20.0 Å². The molecule has 19 heavy (non-hydrogen) atoms. The molecule has 1 aromatic heterocycles. The fourth-order valence-corrected chi connectivity index (χ4v) is 2.11. The van der Waals surface area contributed by atoms with E-state index in [-0.39, 0.29) is 6.54 Å². The van der Waals surface area contributed by atoms with Crippen molar-refractivity contribution in [3.8, 4) is 0 Å². The third kappa shape index (κ3) is 2.09. The van der Waals surface area contributed by atoms with Crippen molar-refractivity contribution in [3.63, 3.8) is 0 Å². The normalized spacial score (nSPS) is 22.0. The van der Waals surface area contributed by atoms with Gasteiger partial charge in [-0.05, 0) is 13.0 Å². The van der Waals surface area contributed by atoms with Gasteiger partial charge >= 0.3 is 12.1 Å². The van der Waals surface area contributed by atoms with Crippen LogP contribution >= 0.6 is 0 Å². The largest absolute Gasteiger partial charge is 0.465 e. The zero-order chi connectivity index (χ0) is 14.2. The van der Waals surface area contributed by atoms with Gasteiger partial charge in [-0.15, -0.1) is 0 Å². The van der Waals surface area contributed by atoms with Crippen LogP contribution in [0.2, 0.25) is 0 Å². The van der Waals surface area contributed by atoms with E-state index in [1.165, 1.54) is 4.68 Å². The van der Waals surface area contributed by atoms with E-state index in [2.05, 4.69) is 21.0 Å². The molecule has 0 aromatic carbocycles. The molecule has 0 spiro atoms. The Balaban J connectivity index is 2.45. The van der Waals surface area contributed by atoms with E-state index in [0.29, 0.717) is 11.4 Å². The zero-order valence-electron chi connectivity index (χ0n) is 10.4. The third-order valence-corrected chi connectivity index (χ3v) is 2.89. The molecule has 1 aromatic rings. The van der Waals surface area contributed by atoms with Gasteiger partial charge in [-0.1, -0.05) is 0 Å². The third-order valence-electron chi connectivity index (χ3n) is 2.89. The SMILES string of the molecule is Cc1cc(C2(CNC(=O)O)NC(=O)NC2=O)n(C)n1. The minimum Gasteiger partial charge on any atom is -0.465 e. The second-order valence-corrected chi connectivity index (χ2v) is 4.27. The van der Waals surface area contributed by atoms with Gasteiger partial charge in [0.1, 0.15) is 0 Å². The maximum atomic E-state index is 12.0. The van der Waals surface area contributed by atoms with Crippen molar-refractivity contribution < 1.29 is 19.5 Å². The Morgan fingerprint density at radius 3 is 2.68 bits per heavy atom. The highest BCUT2D eigenvalue weighted by molar-refractivity contribution is 6.07. The minimum atomic E-state index is -1.48. The molecule has 9 nitrogen and oxygen atoms in total. The van der Waals surface area contributed by atoms with E-state index < -0.39 is 23.6 Å². The van der Waals surface area contributed by atoms with Crippen molar-refractivity contribution in [2.24, 2.45) is 7.05 Å². The Bertz CT molecular complexity index is 566. The smallest absolute Gasteiger partial charge is 0.404 e. The molecule has 1 atom stereocenters. The maximum Gasteiger partial charge on any atom is 0.404 e. The number of urea groups is 1. The number of carbonyl (C=O) groups is 3. The quantitative estimate of drug-likeness (QED) is 0.524. The summed E-state index contributed by atoms with van der Waals surface area (Å²) in [4.78, 5) is 34.0. The summed E-state index contributed by atoms with van der Waals surface area (Å²) in [6, 6.07) is 0.949. The molecule has 1 fully saturated rings. The average molecular weight is 267 g/mol. The van der Waals surface area contributed by atoms with Gasteiger partial charge in [-0.2, -0.15) is 5.10 Å². The Kier molecular flexibility index (Phi) is 2.89. The van der Waals surface area contributed by atoms with Crippen molar-refractivity contribution in [1.82, 2.24) is 25.7 Å². The van der Waals surface area contributed by atoms with Crippen LogP contribution < -0.4 is 16.0 Å². The van der Waals surface area contributed by atoms with Gasteiger partial charge in [0.25, 0.3) is 5.91 Å². The maximum absolute atomic E-state index is 12.0. The molecule has 1 aliphatic heterocycles. The van der Waals surface area contributed by atoms with Crippen LogP contribution in [0.3, 0.4) is 0 Å². The van der Waals surface area contributed by atoms with Crippen LogP contribution in [-0.2, 0) is 17.4 Å². The molecular formula is C10H13N5O4. The second kappa shape index (κ2) is 4.26. The highest BCUT2D eigenvalue weighted by atomic mass is 16.4. The lowest BCUT2D eigenvalue weighted by molar-refractivity contribution is -0.124. The summed E-state index contributed by atoms with van der Waals surface area (Å²) >= 11 is 0. The molecule has 4 N–H and O–H groups in total. The molecule has 4 amide bonds. The topological polar surface area (TPSA) is 125 Å². The van der Waals surface area contributed by atoms with Crippen molar-refractivity contribution in [2.45, 2.75) is 12.5 Å². The lowest BCUT2D eigenvalue weighted by Crippen LogP contribution is -2.53. The first-order chi connectivity index (χ1) is 8.85. The van der Waals surface area contributed by atoms with Gasteiger partial charge < -0.3 is 15.7 Å². The molecule has 2 heterocycles. The highest BCUT2D eigenvalue weighted by Crippen LogP contribution is 2.24. The summed E-state index contributed by atoms with van der Waals surface area (Å²) in [5.41, 5.74) is -0.422. The number of rotatable bonds is 3. The van der Waals surface area contributed by atoms with E-state index in [4.69, 9.17) is 5.11 Å². The van der Waals surface area contributed by atoms with E-state index in [1.807, 2.05) is 0 Å². The van der Waals surface area contributed by atoms with Crippen molar-refractivity contribution in [3.05, 3.63) is 17.5 Å². The molecule has 0 aliphatic carbocycles. The van der Waals surface area contributed by atoms with Crippen LogP contribution in [0, 0.1) is 6.92 Å². The number of imide groups is 1. The number of hydrogen-bond donors (Lipinski definition) is 4. The van der Waals surface area contributed by atoms with Crippen LogP contribution in [0.1, 0.15) is 11.4 Å².